The Morgan fingerprint density at radius 1 is 1.00 bits per heavy atom. The van der Waals surface area contributed by atoms with Crippen molar-refractivity contribution in [1.82, 2.24) is 4.57 Å². The highest BCUT2D eigenvalue weighted by atomic mass is 32.2. The quantitative estimate of drug-likeness (QED) is 0.179. The summed E-state index contributed by atoms with van der Waals surface area (Å²) in [5.74, 6) is 1.34. The number of hydrogen-bond donors (Lipinski definition) is 0. The molecule has 1 atom stereocenters. The number of para-hydroxylation sites is 2. The normalized spacial score (nSPS) is 15.7. The van der Waals surface area contributed by atoms with Crippen molar-refractivity contribution in [3.05, 3.63) is 101 Å². The van der Waals surface area contributed by atoms with Gasteiger partial charge in [-0.25, -0.2) is 0 Å². The van der Waals surface area contributed by atoms with Crippen molar-refractivity contribution in [2.24, 2.45) is 0 Å². The molecule has 1 aliphatic heterocycles. The molecule has 4 aromatic rings. The Bertz CT molecular complexity index is 1420. The fourth-order valence-corrected chi connectivity index (χ4v) is 5.66. The minimum atomic E-state index is -0.0859. The first-order chi connectivity index (χ1) is 17.5. The van der Waals surface area contributed by atoms with Crippen LogP contribution >= 0.6 is 24.0 Å². The van der Waals surface area contributed by atoms with Gasteiger partial charge < -0.3 is 9.30 Å². The van der Waals surface area contributed by atoms with Gasteiger partial charge in [0, 0.05) is 22.7 Å². The van der Waals surface area contributed by atoms with Crippen molar-refractivity contribution in [3.63, 3.8) is 0 Å². The summed E-state index contributed by atoms with van der Waals surface area (Å²) in [6.45, 7) is 5.70. The second kappa shape index (κ2) is 10.7. The van der Waals surface area contributed by atoms with Gasteiger partial charge in [0.15, 0.2) is 4.32 Å². The third-order valence-electron chi connectivity index (χ3n) is 6.58. The first kappa shape index (κ1) is 24.3. The molecule has 1 fully saturated rings. The van der Waals surface area contributed by atoms with Crippen molar-refractivity contribution >= 4 is 56.9 Å². The fraction of sp³-hybridized carbons (Fsp3) is 0.200. The van der Waals surface area contributed by atoms with Crippen LogP contribution in [0.1, 0.15) is 37.3 Å². The molecule has 2 heterocycles. The predicted molar refractivity (Wildman–Crippen MR) is 155 cm³/mol. The van der Waals surface area contributed by atoms with E-state index in [0.29, 0.717) is 28.3 Å². The van der Waals surface area contributed by atoms with Gasteiger partial charge in [-0.05, 0) is 54.3 Å². The van der Waals surface area contributed by atoms with Crippen molar-refractivity contribution in [3.8, 4) is 5.75 Å². The van der Waals surface area contributed by atoms with Crippen LogP contribution in [0, 0.1) is 0 Å². The molecule has 1 amide bonds. The number of aromatic nitrogens is 1. The number of nitrogens with zero attached hydrogens (tertiary/aromatic N) is 2. The topological polar surface area (TPSA) is 34.5 Å². The smallest absolute Gasteiger partial charge is 0.270 e. The lowest BCUT2D eigenvalue weighted by molar-refractivity contribution is -0.113. The zero-order valence-electron chi connectivity index (χ0n) is 20.4. The van der Waals surface area contributed by atoms with Crippen LogP contribution in [0.4, 0.5) is 5.69 Å². The summed E-state index contributed by atoms with van der Waals surface area (Å²) in [5, 5.41) is 1.10. The maximum Gasteiger partial charge on any atom is 0.270 e. The molecule has 4 nitrogen and oxygen atoms in total. The SMILES string of the molecule is CCC(C)c1ccc(OCCn2cc(C=C3SC(=S)N(c4ccccc4)C3=O)c3ccccc32)cc1. The third kappa shape index (κ3) is 4.97. The zero-order chi connectivity index (χ0) is 25.1. The van der Waals surface area contributed by atoms with Crippen LogP contribution in [-0.4, -0.2) is 21.4 Å². The Morgan fingerprint density at radius 3 is 2.47 bits per heavy atom. The highest BCUT2D eigenvalue weighted by Gasteiger charge is 2.33. The molecule has 1 saturated heterocycles. The van der Waals surface area contributed by atoms with Crippen LogP contribution in [0.2, 0.25) is 0 Å². The minimum Gasteiger partial charge on any atom is -0.492 e. The number of amides is 1. The summed E-state index contributed by atoms with van der Waals surface area (Å²) in [6.07, 6.45) is 5.17. The molecule has 1 aliphatic rings. The molecule has 0 bridgehead atoms. The first-order valence-corrected chi connectivity index (χ1v) is 13.4. The summed E-state index contributed by atoms with van der Waals surface area (Å²) in [4.78, 5) is 15.4. The average Bonchev–Trinajstić information content (AvgIpc) is 3.40. The van der Waals surface area contributed by atoms with E-state index in [2.05, 4.69) is 61.0 Å². The van der Waals surface area contributed by atoms with Crippen LogP contribution in [0.25, 0.3) is 17.0 Å². The Balaban J connectivity index is 1.34. The standard InChI is InChI=1S/C30H28N2O2S2/c1-3-21(2)22-13-15-25(16-14-22)34-18-17-31-20-23(26-11-7-8-12-27(26)31)19-28-29(33)32(30(35)36-28)24-9-5-4-6-10-24/h4-16,19-21H,3,17-18H2,1-2H3. The van der Waals surface area contributed by atoms with E-state index in [4.69, 9.17) is 17.0 Å². The van der Waals surface area contributed by atoms with Crippen molar-refractivity contribution in [2.45, 2.75) is 32.7 Å². The molecular formula is C30H28N2O2S2. The molecule has 0 saturated carbocycles. The number of thiocarbonyl (C=S) groups is 1. The van der Waals surface area contributed by atoms with Crippen LogP contribution in [0.5, 0.6) is 5.75 Å². The van der Waals surface area contributed by atoms with E-state index in [1.165, 1.54) is 17.3 Å². The molecule has 6 heteroatoms. The van der Waals surface area contributed by atoms with Crippen molar-refractivity contribution in [1.29, 1.82) is 0 Å². The predicted octanol–water partition coefficient (Wildman–Crippen LogP) is 7.64. The number of benzene rings is 3. The summed E-state index contributed by atoms with van der Waals surface area (Å²) in [5.41, 5.74) is 4.24. The molecule has 0 N–H and O–H groups in total. The van der Waals surface area contributed by atoms with Crippen LogP contribution < -0.4 is 9.64 Å². The zero-order valence-corrected chi connectivity index (χ0v) is 22.0. The lowest BCUT2D eigenvalue weighted by Crippen LogP contribution is -2.27. The fourth-order valence-electron chi connectivity index (χ4n) is 4.37. The van der Waals surface area contributed by atoms with Crippen LogP contribution in [0.15, 0.2) is 90.0 Å². The molecule has 1 unspecified atom stereocenters. The van der Waals surface area contributed by atoms with Crippen molar-refractivity contribution < 1.29 is 9.53 Å². The molecule has 1 aromatic heterocycles. The number of rotatable bonds is 8. The van der Waals surface area contributed by atoms with Gasteiger partial charge in [-0.1, -0.05) is 86.4 Å². The Hall–Kier alpha value is -3.35. The first-order valence-electron chi connectivity index (χ1n) is 12.2. The van der Waals surface area contributed by atoms with E-state index >= 15 is 0 Å². The highest BCUT2D eigenvalue weighted by Crippen LogP contribution is 2.37. The number of carbonyl (C=O) groups is 1. The van der Waals surface area contributed by atoms with E-state index in [0.717, 1.165) is 34.3 Å². The van der Waals surface area contributed by atoms with E-state index in [9.17, 15) is 4.79 Å². The summed E-state index contributed by atoms with van der Waals surface area (Å²) in [7, 11) is 0. The number of fused-ring (bicyclic) bond motifs is 1. The van der Waals surface area contributed by atoms with Gasteiger partial charge in [0.1, 0.15) is 12.4 Å². The van der Waals surface area contributed by atoms with Crippen molar-refractivity contribution in [2.75, 3.05) is 11.5 Å². The summed E-state index contributed by atoms with van der Waals surface area (Å²) >= 11 is 6.88. The molecule has 0 aliphatic carbocycles. The number of hydrogen-bond acceptors (Lipinski definition) is 4. The van der Waals surface area contributed by atoms with E-state index in [1.54, 1.807) is 4.90 Å². The number of carbonyl (C=O) groups excluding carboxylic acids is 1. The molecule has 182 valence electrons. The minimum absolute atomic E-state index is 0.0859. The van der Waals surface area contributed by atoms with Gasteiger partial charge in [0.25, 0.3) is 5.91 Å². The monoisotopic (exact) mass is 512 g/mol. The molecule has 0 spiro atoms. The number of ether oxygens (including phenoxy) is 1. The average molecular weight is 513 g/mol. The van der Waals surface area contributed by atoms with Gasteiger partial charge >= 0.3 is 0 Å². The maximum absolute atomic E-state index is 13.2. The number of thioether (sulfide) groups is 1. The van der Waals surface area contributed by atoms with E-state index in [1.807, 2.05) is 48.5 Å². The Morgan fingerprint density at radius 2 is 1.72 bits per heavy atom. The molecular weight excluding hydrogens is 484 g/mol. The second-order valence-electron chi connectivity index (χ2n) is 8.87. The molecule has 5 rings (SSSR count). The Labute approximate surface area is 221 Å². The second-order valence-corrected chi connectivity index (χ2v) is 10.6. The Kier molecular flexibility index (Phi) is 7.25. The van der Waals surface area contributed by atoms with E-state index < -0.39 is 0 Å². The van der Waals surface area contributed by atoms with Gasteiger partial charge in [-0.2, -0.15) is 0 Å². The molecule has 36 heavy (non-hydrogen) atoms. The largest absolute Gasteiger partial charge is 0.492 e. The summed E-state index contributed by atoms with van der Waals surface area (Å²) in [6, 6.07) is 26.2. The van der Waals surface area contributed by atoms with Gasteiger partial charge in [0.2, 0.25) is 0 Å². The number of anilines is 1. The molecule has 3 aromatic carbocycles. The van der Waals surface area contributed by atoms with E-state index in [-0.39, 0.29) is 5.91 Å². The lowest BCUT2D eigenvalue weighted by Gasteiger charge is -2.13. The van der Waals surface area contributed by atoms with Gasteiger partial charge in [0.05, 0.1) is 17.1 Å². The molecule has 0 radical (unpaired) electrons. The highest BCUT2D eigenvalue weighted by molar-refractivity contribution is 8.27. The summed E-state index contributed by atoms with van der Waals surface area (Å²) < 4.78 is 8.78. The van der Waals surface area contributed by atoms with Crippen LogP contribution in [-0.2, 0) is 11.3 Å². The maximum atomic E-state index is 13.2. The van der Waals surface area contributed by atoms with Gasteiger partial charge in [-0.15, -0.1) is 0 Å². The van der Waals surface area contributed by atoms with Crippen LogP contribution in [0.3, 0.4) is 0 Å². The third-order valence-corrected chi connectivity index (χ3v) is 7.88. The lowest BCUT2D eigenvalue weighted by atomic mass is 9.99. The van der Waals surface area contributed by atoms with Gasteiger partial charge in [-0.3, -0.25) is 9.69 Å².